The van der Waals surface area contributed by atoms with Crippen LogP contribution in [0.2, 0.25) is 0 Å². The Hall–Kier alpha value is -2.08. The van der Waals surface area contributed by atoms with Gasteiger partial charge in [0.25, 0.3) is 5.91 Å². The molecule has 2 heterocycles. The lowest BCUT2D eigenvalue weighted by molar-refractivity contribution is -0.133. The van der Waals surface area contributed by atoms with Crippen LogP contribution in [0.1, 0.15) is 43.1 Å². The summed E-state index contributed by atoms with van der Waals surface area (Å²) in [7, 11) is 1.98. The van der Waals surface area contributed by atoms with Gasteiger partial charge in [0.05, 0.1) is 11.4 Å². The summed E-state index contributed by atoms with van der Waals surface area (Å²) >= 11 is 1.41. The first-order valence-corrected chi connectivity index (χ1v) is 9.90. The fourth-order valence-corrected chi connectivity index (χ4v) is 3.51. The summed E-state index contributed by atoms with van der Waals surface area (Å²) < 4.78 is 2.03. The monoisotopic (exact) mass is 375 g/mol. The Labute approximate surface area is 160 Å². The Morgan fingerprint density at radius 2 is 1.88 bits per heavy atom. The molecule has 0 bridgehead atoms. The van der Waals surface area contributed by atoms with Gasteiger partial charge in [0.2, 0.25) is 5.91 Å². The average molecular weight is 376 g/mol. The second-order valence-corrected chi connectivity index (χ2v) is 8.23. The first-order valence-electron chi connectivity index (χ1n) is 9.02. The van der Waals surface area contributed by atoms with Gasteiger partial charge in [0.15, 0.2) is 0 Å². The second kappa shape index (κ2) is 9.03. The molecule has 0 atom stereocenters. The van der Waals surface area contributed by atoms with Crippen molar-refractivity contribution in [3.63, 3.8) is 0 Å². The van der Waals surface area contributed by atoms with Crippen molar-refractivity contribution in [1.82, 2.24) is 14.4 Å². The van der Waals surface area contributed by atoms with Crippen LogP contribution in [0.3, 0.4) is 0 Å². The molecule has 142 valence electrons. The lowest BCUT2D eigenvalue weighted by Gasteiger charge is -2.30. The van der Waals surface area contributed by atoms with Crippen LogP contribution in [0, 0.1) is 5.92 Å². The van der Waals surface area contributed by atoms with Crippen molar-refractivity contribution in [2.45, 2.75) is 40.3 Å². The highest BCUT2D eigenvalue weighted by molar-refractivity contribution is 7.12. The lowest BCUT2D eigenvalue weighted by atomic mass is 10.2. The third-order valence-corrected chi connectivity index (χ3v) is 5.12. The fraction of sp³-hybridized carbons (Fsp3) is 0.500. The standard InChI is InChI=1S/C20H29N3O2S/c1-15(2)12-22(13-17-8-6-10-21(17)5)19(24)14-23(16(3)4)20(25)18-9-7-11-26-18/h6-11,15-16H,12-14H2,1-5H3. The van der Waals surface area contributed by atoms with E-state index in [1.807, 2.05) is 66.2 Å². The maximum Gasteiger partial charge on any atom is 0.264 e. The Morgan fingerprint density at radius 1 is 1.15 bits per heavy atom. The smallest absolute Gasteiger partial charge is 0.264 e. The van der Waals surface area contributed by atoms with E-state index in [-0.39, 0.29) is 24.4 Å². The fourth-order valence-electron chi connectivity index (χ4n) is 2.83. The number of carbonyl (C=O) groups is 2. The number of aromatic nitrogens is 1. The largest absolute Gasteiger partial charge is 0.353 e. The van der Waals surface area contributed by atoms with Crippen molar-refractivity contribution in [1.29, 1.82) is 0 Å². The number of thiophene rings is 1. The van der Waals surface area contributed by atoms with Gasteiger partial charge in [-0.3, -0.25) is 9.59 Å². The number of rotatable bonds is 8. The number of amides is 2. The quantitative estimate of drug-likeness (QED) is 0.707. The Balaban J connectivity index is 2.15. The van der Waals surface area contributed by atoms with Gasteiger partial charge in [0.1, 0.15) is 6.54 Å². The number of carbonyl (C=O) groups excluding carboxylic acids is 2. The van der Waals surface area contributed by atoms with Crippen molar-refractivity contribution < 1.29 is 9.59 Å². The molecule has 0 aliphatic rings. The SMILES string of the molecule is CC(C)CN(Cc1cccn1C)C(=O)CN(C(=O)c1cccs1)C(C)C. The molecule has 0 saturated heterocycles. The molecule has 2 aromatic rings. The molecule has 2 rings (SSSR count). The van der Waals surface area contributed by atoms with Crippen LogP contribution in [0.5, 0.6) is 0 Å². The number of nitrogens with zero attached hydrogens (tertiary/aromatic N) is 3. The van der Waals surface area contributed by atoms with E-state index < -0.39 is 0 Å². The normalized spacial score (nSPS) is 11.2. The Kier molecular flexibility index (Phi) is 7.03. The minimum atomic E-state index is -0.0771. The molecule has 0 aromatic carbocycles. The molecule has 0 aliphatic heterocycles. The maximum atomic E-state index is 13.0. The van der Waals surface area contributed by atoms with Gasteiger partial charge in [-0.1, -0.05) is 19.9 Å². The molecule has 5 nitrogen and oxygen atoms in total. The van der Waals surface area contributed by atoms with E-state index in [1.54, 1.807) is 4.90 Å². The predicted octanol–water partition coefficient (Wildman–Crippen LogP) is 3.62. The van der Waals surface area contributed by atoms with E-state index in [4.69, 9.17) is 0 Å². The van der Waals surface area contributed by atoms with Gasteiger partial charge in [0, 0.05) is 31.5 Å². The summed E-state index contributed by atoms with van der Waals surface area (Å²) in [6.45, 7) is 9.42. The molecule has 0 spiro atoms. The molecule has 26 heavy (non-hydrogen) atoms. The van der Waals surface area contributed by atoms with Gasteiger partial charge < -0.3 is 14.4 Å². The van der Waals surface area contributed by atoms with Gasteiger partial charge in [-0.2, -0.15) is 0 Å². The van der Waals surface area contributed by atoms with E-state index in [9.17, 15) is 9.59 Å². The predicted molar refractivity (Wildman–Crippen MR) is 106 cm³/mol. The third-order valence-electron chi connectivity index (χ3n) is 4.26. The molecule has 6 heteroatoms. The van der Waals surface area contributed by atoms with Crippen molar-refractivity contribution in [3.05, 3.63) is 46.4 Å². The number of hydrogen-bond acceptors (Lipinski definition) is 3. The summed E-state index contributed by atoms with van der Waals surface area (Å²) in [6, 6.07) is 7.64. The highest BCUT2D eigenvalue weighted by Crippen LogP contribution is 2.15. The topological polar surface area (TPSA) is 45.6 Å². The highest BCUT2D eigenvalue weighted by Gasteiger charge is 2.25. The van der Waals surface area contributed by atoms with E-state index >= 15 is 0 Å². The van der Waals surface area contributed by atoms with Crippen molar-refractivity contribution in [3.8, 4) is 0 Å². The van der Waals surface area contributed by atoms with Crippen LogP contribution in [0.15, 0.2) is 35.8 Å². The van der Waals surface area contributed by atoms with Crippen molar-refractivity contribution in [2.75, 3.05) is 13.1 Å². The molecule has 0 saturated carbocycles. The van der Waals surface area contributed by atoms with Crippen LogP contribution < -0.4 is 0 Å². The summed E-state index contributed by atoms with van der Waals surface area (Å²) in [5, 5.41) is 1.88. The molecule has 0 N–H and O–H groups in total. The van der Waals surface area contributed by atoms with E-state index in [0.717, 1.165) is 5.69 Å². The van der Waals surface area contributed by atoms with Crippen molar-refractivity contribution >= 4 is 23.2 Å². The molecule has 0 radical (unpaired) electrons. The van der Waals surface area contributed by atoms with Crippen LogP contribution in [-0.4, -0.2) is 45.3 Å². The van der Waals surface area contributed by atoms with Gasteiger partial charge in [-0.05, 0) is 43.3 Å². The second-order valence-electron chi connectivity index (χ2n) is 7.28. The van der Waals surface area contributed by atoms with Crippen LogP contribution in [0.25, 0.3) is 0 Å². The third kappa shape index (κ3) is 5.21. The maximum absolute atomic E-state index is 13.0. The van der Waals surface area contributed by atoms with E-state index in [1.165, 1.54) is 11.3 Å². The lowest BCUT2D eigenvalue weighted by Crippen LogP contribution is -2.46. The Morgan fingerprint density at radius 3 is 2.38 bits per heavy atom. The van der Waals surface area contributed by atoms with Crippen LogP contribution in [-0.2, 0) is 18.4 Å². The van der Waals surface area contributed by atoms with Gasteiger partial charge in [-0.25, -0.2) is 0 Å². The zero-order valence-electron chi connectivity index (χ0n) is 16.3. The van der Waals surface area contributed by atoms with Gasteiger partial charge >= 0.3 is 0 Å². The zero-order valence-corrected chi connectivity index (χ0v) is 17.1. The minimum absolute atomic E-state index is 0.0153. The van der Waals surface area contributed by atoms with E-state index in [0.29, 0.717) is 23.9 Å². The summed E-state index contributed by atoms with van der Waals surface area (Å²) in [5.41, 5.74) is 1.08. The highest BCUT2D eigenvalue weighted by atomic mass is 32.1. The number of aryl methyl sites for hydroxylation is 1. The van der Waals surface area contributed by atoms with Gasteiger partial charge in [-0.15, -0.1) is 11.3 Å². The van der Waals surface area contributed by atoms with Crippen LogP contribution in [0.4, 0.5) is 0 Å². The molecular formula is C20H29N3O2S. The van der Waals surface area contributed by atoms with E-state index in [2.05, 4.69) is 13.8 Å². The molecular weight excluding hydrogens is 346 g/mol. The average Bonchev–Trinajstić information content (AvgIpc) is 3.23. The molecule has 0 aliphatic carbocycles. The molecule has 0 unspecified atom stereocenters. The molecule has 0 fully saturated rings. The number of hydrogen-bond donors (Lipinski definition) is 0. The summed E-state index contributed by atoms with van der Waals surface area (Å²) in [4.78, 5) is 30.0. The minimum Gasteiger partial charge on any atom is -0.353 e. The molecule has 2 aromatic heterocycles. The molecule has 2 amide bonds. The summed E-state index contributed by atoms with van der Waals surface area (Å²) in [6.07, 6.45) is 1.98. The Bertz CT molecular complexity index is 719. The van der Waals surface area contributed by atoms with Crippen molar-refractivity contribution in [2.24, 2.45) is 13.0 Å². The zero-order chi connectivity index (χ0) is 19.3. The summed E-state index contributed by atoms with van der Waals surface area (Å²) in [5.74, 6) is 0.268. The van der Waals surface area contributed by atoms with Crippen LogP contribution >= 0.6 is 11.3 Å². The first kappa shape index (κ1) is 20.2. The first-order chi connectivity index (χ1) is 12.3.